The van der Waals surface area contributed by atoms with Crippen LogP contribution in [-0.4, -0.2) is 33.1 Å². The maximum Gasteiger partial charge on any atom is 0.0739 e. The normalized spacial score (nSPS) is 16.1. The van der Waals surface area contributed by atoms with E-state index >= 15 is 0 Å². The molecule has 0 aliphatic heterocycles. The van der Waals surface area contributed by atoms with Crippen molar-refractivity contribution < 1.29 is 0 Å². The van der Waals surface area contributed by atoms with E-state index in [4.69, 9.17) is 11.6 Å². The van der Waals surface area contributed by atoms with Crippen molar-refractivity contribution in [2.24, 2.45) is 0 Å². The van der Waals surface area contributed by atoms with E-state index in [-0.39, 0.29) is 0 Å². The molecule has 1 aliphatic carbocycles. The standard InChI is InChI=1S/C14H23BrClN3/c1-3-19-13(14(15)11(2)17-19)10-18(9-5-8-16)12-6-4-7-12/h12H,3-10H2,1-2H3. The Bertz CT molecular complexity index is 415. The molecule has 0 aromatic carbocycles. The number of halogens is 2. The second kappa shape index (κ2) is 7.09. The molecule has 3 nitrogen and oxygen atoms in total. The highest BCUT2D eigenvalue weighted by Crippen LogP contribution is 2.29. The molecule has 0 saturated heterocycles. The van der Waals surface area contributed by atoms with Gasteiger partial charge in [0.25, 0.3) is 0 Å². The minimum Gasteiger partial charge on any atom is -0.294 e. The third-order valence-electron chi connectivity index (χ3n) is 3.98. The summed E-state index contributed by atoms with van der Waals surface area (Å²) < 4.78 is 3.29. The molecular formula is C14H23BrClN3. The first-order chi connectivity index (χ1) is 9.17. The van der Waals surface area contributed by atoms with Crippen LogP contribution in [0, 0.1) is 6.92 Å². The Hall–Kier alpha value is -0.0600. The Labute approximate surface area is 129 Å². The van der Waals surface area contributed by atoms with Crippen molar-refractivity contribution in [1.82, 2.24) is 14.7 Å². The number of rotatable bonds is 7. The fourth-order valence-corrected chi connectivity index (χ4v) is 3.15. The van der Waals surface area contributed by atoms with Crippen LogP contribution in [0.4, 0.5) is 0 Å². The summed E-state index contributed by atoms with van der Waals surface area (Å²) in [6.07, 6.45) is 5.10. The number of hydrogen-bond acceptors (Lipinski definition) is 2. The van der Waals surface area contributed by atoms with Gasteiger partial charge in [-0.15, -0.1) is 11.6 Å². The van der Waals surface area contributed by atoms with Crippen LogP contribution in [0.2, 0.25) is 0 Å². The summed E-state index contributed by atoms with van der Waals surface area (Å²) in [5.41, 5.74) is 2.39. The third-order valence-corrected chi connectivity index (χ3v) is 5.27. The average molecular weight is 349 g/mol. The number of nitrogens with zero attached hydrogens (tertiary/aromatic N) is 3. The zero-order valence-electron chi connectivity index (χ0n) is 11.8. The van der Waals surface area contributed by atoms with Gasteiger partial charge < -0.3 is 0 Å². The predicted octanol–water partition coefficient (Wildman–Crippen LogP) is 3.96. The van der Waals surface area contributed by atoms with Gasteiger partial charge in [0.1, 0.15) is 0 Å². The van der Waals surface area contributed by atoms with Gasteiger partial charge in [0.15, 0.2) is 0 Å². The van der Waals surface area contributed by atoms with Crippen LogP contribution in [0.5, 0.6) is 0 Å². The van der Waals surface area contributed by atoms with Crippen LogP contribution in [0.15, 0.2) is 4.47 Å². The molecule has 0 spiro atoms. The molecule has 1 aromatic heterocycles. The maximum atomic E-state index is 5.85. The monoisotopic (exact) mass is 347 g/mol. The fraction of sp³-hybridized carbons (Fsp3) is 0.786. The zero-order chi connectivity index (χ0) is 13.8. The average Bonchev–Trinajstić information content (AvgIpc) is 2.61. The topological polar surface area (TPSA) is 21.1 Å². The van der Waals surface area contributed by atoms with Crippen molar-refractivity contribution in [2.75, 3.05) is 12.4 Å². The molecule has 0 atom stereocenters. The van der Waals surface area contributed by atoms with Crippen molar-refractivity contribution in [3.63, 3.8) is 0 Å². The second-order valence-corrected chi connectivity index (χ2v) is 6.43. The molecule has 19 heavy (non-hydrogen) atoms. The quantitative estimate of drug-likeness (QED) is 0.696. The van der Waals surface area contributed by atoms with E-state index in [2.05, 4.69) is 44.5 Å². The molecule has 0 amide bonds. The largest absolute Gasteiger partial charge is 0.294 e. The van der Waals surface area contributed by atoms with E-state index in [0.717, 1.165) is 43.7 Å². The van der Waals surface area contributed by atoms with Crippen LogP contribution in [0.1, 0.15) is 44.0 Å². The van der Waals surface area contributed by atoms with Crippen molar-refractivity contribution in [3.05, 3.63) is 15.9 Å². The number of aryl methyl sites for hydroxylation is 2. The van der Waals surface area contributed by atoms with Gasteiger partial charge in [0.2, 0.25) is 0 Å². The van der Waals surface area contributed by atoms with Gasteiger partial charge >= 0.3 is 0 Å². The number of hydrogen-bond donors (Lipinski definition) is 0. The summed E-state index contributed by atoms with van der Waals surface area (Å²) in [7, 11) is 0. The first-order valence-corrected chi connectivity index (χ1v) is 8.52. The second-order valence-electron chi connectivity index (χ2n) is 5.26. The molecule has 0 bridgehead atoms. The third kappa shape index (κ3) is 3.53. The number of aromatic nitrogens is 2. The SMILES string of the molecule is CCn1nc(C)c(Br)c1CN(CCCCl)C1CCC1. The summed E-state index contributed by atoms with van der Waals surface area (Å²) in [5, 5.41) is 4.58. The summed E-state index contributed by atoms with van der Waals surface area (Å²) in [6, 6.07) is 0.746. The molecule has 1 saturated carbocycles. The zero-order valence-corrected chi connectivity index (χ0v) is 14.2. The van der Waals surface area contributed by atoms with Gasteiger partial charge in [-0.3, -0.25) is 9.58 Å². The Morgan fingerprint density at radius 3 is 2.74 bits per heavy atom. The molecule has 1 fully saturated rings. The Morgan fingerprint density at radius 1 is 1.47 bits per heavy atom. The van der Waals surface area contributed by atoms with E-state index in [1.165, 1.54) is 29.4 Å². The summed E-state index contributed by atoms with van der Waals surface area (Å²) >= 11 is 9.55. The van der Waals surface area contributed by atoms with Crippen molar-refractivity contribution in [3.8, 4) is 0 Å². The summed E-state index contributed by atoms with van der Waals surface area (Å²) in [5.74, 6) is 0.746. The predicted molar refractivity (Wildman–Crippen MR) is 83.7 cm³/mol. The molecule has 1 aliphatic rings. The van der Waals surface area contributed by atoms with E-state index in [1.54, 1.807) is 0 Å². The van der Waals surface area contributed by atoms with E-state index in [1.807, 2.05) is 0 Å². The molecule has 1 heterocycles. The summed E-state index contributed by atoms with van der Waals surface area (Å²) in [6.45, 7) is 7.21. The Balaban J connectivity index is 2.11. The smallest absolute Gasteiger partial charge is 0.0739 e. The highest BCUT2D eigenvalue weighted by atomic mass is 79.9. The van der Waals surface area contributed by atoms with E-state index < -0.39 is 0 Å². The highest BCUT2D eigenvalue weighted by Gasteiger charge is 2.26. The van der Waals surface area contributed by atoms with Gasteiger partial charge in [-0.2, -0.15) is 5.10 Å². The molecule has 0 radical (unpaired) electrons. The lowest BCUT2D eigenvalue weighted by Crippen LogP contribution is -2.40. The van der Waals surface area contributed by atoms with Crippen molar-refractivity contribution in [2.45, 2.75) is 58.7 Å². The van der Waals surface area contributed by atoms with Crippen LogP contribution in [0.25, 0.3) is 0 Å². The Morgan fingerprint density at radius 2 is 2.21 bits per heavy atom. The van der Waals surface area contributed by atoms with Crippen LogP contribution >= 0.6 is 27.5 Å². The minimum absolute atomic E-state index is 0.746. The maximum absolute atomic E-state index is 5.85. The van der Waals surface area contributed by atoms with Crippen LogP contribution in [-0.2, 0) is 13.1 Å². The first-order valence-electron chi connectivity index (χ1n) is 7.19. The minimum atomic E-state index is 0.746. The fourth-order valence-electron chi connectivity index (χ4n) is 2.62. The molecule has 108 valence electrons. The molecule has 1 aromatic rings. The van der Waals surface area contributed by atoms with Crippen LogP contribution < -0.4 is 0 Å². The lowest BCUT2D eigenvalue weighted by Gasteiger charge is -2.37. The molecule has 0 unspecified atom stereocenters. The first kappa shape index (κ1) is 15.3. The molecular weight excluding hydrogens is 326 g/mol. The van der Waals surface area contributed by atoms with Gasteiger partial charge in [0.05, 0.1) is 15.9 Å². The lowest BCUT2D eigenvalue weighted by molar-refractivity contribution is 0.116. The Kier molecular flexibility index (Phi) is 5.72. The summed E-state index contributed by atoms with van der Waals surface area (Å²) in [4.78, 5) is 2.58. The van der Waals surface area contributed by atoms with Crippen molar-refractivity contribution in [1.29, 1.82) is 0 Å². The van der Waals surface area contributed by atoms with Gasteiger partial charge in [-0.25, -0.2) is 0 Å². The van der Waals surface area contributed by atoms with Gasteiger partial charge in [-0.05, 0) is 55.6 Å². The molecule has 0 N–H and O–H groups in total. The molecule has 2 rings (SSSR count). The van der Waals surface area contributed by atoms with Gasteiger partial charge in [-0.1, -0.05) is 6.42 Å². The lowest BCUT2D eigenvalue weighted by atomic mass is 9.91. The van der Waals surface area contributed by atoms with Gasteiger partial charge in [0, 0.05) is 25.0 Å². The van der Waals surface area contributed by atoms with E-state index in [9.17, 15) is 0 Å². The van der Waals surface area contributed by atoms with Crippen LogP contribution in [0.3, 0.4) is 0 Å². The van der Waals surface area contributed by atoms with E-state index in [0.29, 0.717) is 0 Å². The highest BCUT2D eigenvalue weighted by molar-refractivity contribution is 9.10. The van der Waals surface area contributed by atoms with Crippen molar-refractivity contribution >= 4 is 27.5 Å². The molecule has 5 heteroatoms. The number of alkyl halides is 1.